The van der Waals surface area contributed by atoms with Gasteiger partial charge in [-0.05, 0) is 30.5 Å². The van der Waals surface area contributed by atoms with Gasteiger partial charge in [-0.2, -0.15) is 0 Å². The molecule has 0 spiro atoms. The molecule has 0 amide bonds. The molecule has 19 heavy (non-hydrogen) atoms. The molecule has 0 aliphatic carbocycles. The van der Waals surface area contributed by atoms with E-state index in [9.17, 15) is 9.90 Å². The zero-order valence-electron chi connectivity index (χ0n) is 11.2. The van der Waals surface area contributed by atoms with Gasteiger partial charge in [-0.1, -0.05) is 30.2 Å². The average molecular weight is 285 g/mol. The molecule has 6 heteroatoms. The van der Waals surface area contributed by atoms with Crippen molar-refractivity contribution in [1.82, 2.24) is 5.01 Å². The van der Waals surface area contributed by atoms with Crippen LogP contribution in [0.2, 0.25) is 0 Å². The Labute approximate surface area is 155 Å². The van der Waals surface area contributed by atoms with Gasteiger partial charge in [0.15, 0.2) is 0 Å². The Kier molecular flexibility index (Phi) is 7.78. The normalized spacial score (nSPS) is 15.9. The van der Waals surface area contributed by atoms with Gasteiger partial charge in [0, 0.05) is 13.1 Å². The first-order valence-electron chi connectivity index (χ1n) is 6.24. The van der Waals surface area contributed by atoms with Crippen LogP contribution in [0.4, 0.5) is 5.69 Å². The molecule has 96 valence electrons. The first kappa shape index (κ1) is 16.8. The Hall–Kier alpha value is -0.274. The van der Waals surface area contributed by atoms with Crippen LogP contribution in [0.5, 0.6) is 0 Å². The van der Waals surface area contributed by atoms with Crippen LogP contribution >= 0.6 is 0 Å². The molecule has 1 heterocycles. The maximum Gasteiger partial charge on any atom is 1.00 e. The van der Waals surface area contributed by atoms with Crippen LogP contribution in [0.1, 0.15) is 36.0 Å². The van der Waals surface area contributed by atoms with Crippen molar-refractivity contribution >= 4 is 11.7 Å². The maximum atomic E-state index is 10.7. The molecular formula is C13H16KN3O2. The summed E-state index contributed by atoms with van der Waals surface area (Å²) in [6, 6.07) is 6.33. The maximum absolute atomic E-state index is 10.7. The monoisotopic (exact) mass is 285 g/mol. The molecule has 0 bridgehead atoms. The number of rotatable bonds is 3. The molecule has 0 radical (unpaired) electrons. The van der Waals surface area contributed by atoms with E-state index in [1.807, 2.05) is 5.01 Å². The van der Waals surface area contributed by atoms with E-state index in [4.69, 9.17) is 0 Å². The van der Waals surface area contributed by atoms with Crippen molar-refractivity contribution in [2.75, 3.05) is 13.1 Å². The van der Waals surface area contributed by atoms with Crippen molar-refractivity contribution in [3.63, 3.8) is 0 Å². The fraction of sp³-hybridized carbons (Fsp3) is 0.462. The van der Waals surface area contributed by atoms with Crippen molar-refractivity contribution in [1.29, 1.82) is 0 Å². The number of carbonyl (C=O) groups is 1. The molecule has 5 nitrogen and oxygen atoms in total. The predicted molar refractivity (Wildman–Crippen MR) is 65.3 cm³/mol. The molecule has 1 aromatic carbocycles. The fourth-order valence-electron chi connectivity index (χ4n) is 1.95. The van der Waals surface area contributed by atoms with Gasteiger partial charge in [-0.15, -0.1) is 5.11 Å². The summed E-state index contributed by atoms with van der Waals surface area (Å²) in [5, 5.41) is 20.9. The summed E-state index contributed by atoms with van der Waals surface area (Å²) in [4.78, 5) is 10.7. The summed E-state index contributed by atoms with van der Waals surface area (Å²) < 4.78 is 0. The van der Waals surface area contributed by atoms with E-state index in [1.165, 1.54) is 25.0 Å². The average Bonchev–Trinajstić information content (AvgIpc) is 2.65. The molecule has 1 fully saturated rings. The molecule has 1 saturated heterocycles. The van der Waals surface area contributed by atoms with Crippen molar-refractivity contribution in [3.05, 3.63) is 29.8 Å². The Bertz CT molecular complexity index is 443. The molecule has 1 aliphatic rings. The fourth-order valence-corrected chi connectivity index (χ4v) is 1.95. The second-order valence-electron chi connectivity index (χ2n) is 4.40. The van der Waals surface area contributed by atoms with E-state index in [1.54, 1.807) is 12.1 Å². The van der Waals surface area contributed by atoms with Crippen LogP contribution in [-0.2, 0) is 0 Å². The van der Waals surface area contributed by atoms with E-state index >= 15 is 0 Å². The molecule has 0 atom stereocenters. The Morgan fingerprint density at radius 3 is 2.47 bits per heavy atom. The van der Waals surface area contributed by atoms with Crippen LogP contribution in [0.15, 0.2) is 34.6 Å². The minimum absolute atomic E-state index is 0. The summed E-state index contributed by atoms with van der Waals surface area (Å²) in [5.74, 6) is -1.19. The van der Waals surface area contributed by atoms with Crippen LogP contribution in [0.3, 0.4) is 0 Å². The second kappa shape index (κ2) is 8.81. The SMILES string of the molecule is O=C([O-])c1cccc(N=NN2CCCCCC2)c1.[K+]. The molecule has 2 rings (SSSR count). The summed E-state index contributed by atoms with van der Waals surface area (Å²) in [7, 11) is 0. The van der Waals surface area contributed by atoms with E-state index in [0.29, 0.717) is 5.69 Å². The van der Waals surface area contributed by atoms with Gasteiger partial charge < -0.3 is 9.90 Å². The standard InChI is InChI=1S/C13H17N3O2.K/c17-13(18)11-6-5-7-12(10-11)14-15-16-8-3-1-2-4-9-16;/h5-7,10H,1-4,8-9H2,(H,17,18);/q;+1/p-1. The van der Waals surface area contributed by atoms with Gasteiger partial charge in [0.1, 0.15) is 0 Å². The number of hydrogen-bond acceptors (Lipinski definition) is 4. The summed E-state index contributed by atoms with van der Waals surface area (Å²) in [6.45, 7) is 1.84. The number of carboxylic acid groups (broad SMARTS) is 1. The molecule has 0 saturated carbocycles. The molecule has 0 aromatic heterocycles. The molecule has 1 aliphatic heterocycles. The zero-order chi connectivity index (χ0) is 12.8. The predicted octanol–water partition coefficient (Wildman–Crippen LogP) is -1.07. The number of hydrogen-bond donors (Lipinski definition) is 0. The Morgan fingerprint density at radius 2 is 1.84 bits per heavy atom. The molecule has 1 aromatic rings. The minimum atomic E-state index is -1.19. The third-order valence-electron chi connectivity index (χ3n) is 2.95. The van der Waals surface area contributed by atoms with Gasteiger partial charge in [-0.25, -0.2) is 0 Å². The van der Waals surface area contributed by atoms with Gasteiger partial charge in [0.05, 0.1) is 11.7 Å². The van der Waals surface area contributed by atoms with Gasteiger partial charge >= 0.3 is 51.4 Å². The summed E-state index contributed by atoms with van der Waals surface area (Å²) >= 11 is 0. The Balaban J connectivity index is 0.00000180. The van der Waals surface area contributed by atoms with Crippen LogP contribution in [0.25, 0.3) is 0 Å². The number of aromatic carboxylic acids is 1. The van der Waals surface area contributed by atoms with Gasteiger partial charge in [0.25, 0.3) is 0 Å². The second-order valence-corrected chi connectivity index (χ2v) is 4.40. The van der Waals surface area contributed by atoms with Gasteiger partial charge in [-0.3, -0.25) is 5.01 Å². The smallest absolute Gasteiger partial charge is 0.545 e. The summed E-state index contributed by atoms with van der Waals surface area (Å²) in [5.41, 5.74) is 0.670. The van der Waals surface area contributed by atoms with Crippen molar-refractivity contribution in [3.8, 4) is 0 Å². The number of benzene rings is 1. The third kappa shape index (κ3) is 5.70. The van der Waals surface area contributed by atoms with E-state index in [0.717, 1.165) is 25.9 Å². The minimum Gasteiger partial charge on any atom is -0.545 e. The summed E-state index contributed by atoms with van der Waals surface area (Å²) in [6.07, 6.45) is 4.76. The number of carboxylic acids is 1. The van der Waals surface area contributed by atoms with Crippen molar-refractivity contribution in [2.24, 2.45) is 10.3 Å². The molecular weight excluding hydrogens is 269 g/mol. The van der Waals surface area contributed by atoms with Gasteiger partial charge in [0.2, 0.25) is 0 Å². The first-order chi connectivity index (χ1) is 8.75. The van der Waals surface area contributed by atoms with E-state index in [-0.39, 0.29) is 56.9 Å². The van der Waals surface area contributed by atoms with Crippen molar-refractivity contribution < 1.29 is 61.3 Å². The largest absolute Gasteiger partial charge is 1.00 e. The van der Waals surface area contributed by atoms with Crippen molar-refractivity contribution in [2.45, 2.75) is 25.7 Å². The third-order valence-corrected chi connectivity index (χ3v) is 2.95. The Morgan fingerprint density at radius 1 is 1.16 bits per heavy atom. The first-order valence-corrected chi connectivity index (χ1v) is 6.24. The molecule has 0 N–H and O–H groups in total. The molecule has 0 unspecified atom stereocenters. The zero-order valence-corrected chi connectivity index (χ0v) is 14.3. The topological polar surface area (TPSA) is 68.1 Å². The van der Waals surface area contributed by atoms with Crippen LogP contribution < -0.4 is 56.5 Å². The van der Waals surface area contributed by atoms with E-state index in [2.05, 4.69) is 10.3 Å². The van der Waals surface area contributed by atoms with E-state index < -0.39 is 5.97 Å². The number of nitrogens with zero attached hydrogens (tertiary/aromatic N) is 3. The quantitative estimate of drug-likeness (QED) is 0.524. The number of carbonyl (C=O) groups excluding carboxylic acids is 1. The van der Waals surface area contributed by atoms with Crippen LogP contribution in [-0.4, -0.2) is 24.1 Å². The van der Waals surface area contributed by atoms with Crippen LogP contribution in [0, 0.1) is 0 Å².